The van der Waals surface area contributed by atoms with Crippen LogP contribution in [0.25, 0.3) is 0 Å². The Morgan fingerprint density at radius 1 is 1.16 bits per heavy atom. The Hall–Kier alpha value is -3.12. The lowest BCUT2D eigenvalue weighted by Crippen LogP contribution is -2.49. The van der Waals surface area contributed by atoms with Crippen LogP contribution in [0.3, 0.4) is 0 Å². The van der Waals surface area contributed by atoms with Crippen LogP contribution < -0.4 is 9.47 Å². The van der Waals surface area contributed by atoms with Crippen LogP contribution >= 0.6 is 11.3 Å². The molecule has 1 aliphatic carbocycles. The molecule has 2 N–H and O–H groups in total. The molecule has 4 heterocycles. The fourth-order valence-corrected chi connectivity index (χ4v) is 7.85. The highest BCUT2D eigenvalue weighted by Gasteiger charge is 2.59. The van der Waals surface area contributed by atoms with Gasteiger partial charge in [-0.1, -0.05) is 6.07 Å². The summed E-state index contributed by atoms with van der Waals surface area (Å²) >= 11 is 1.45. The lowest BCUT2D eigenvalue weighted by Gasteiger charge is -2.39. The zero-order chi connectivity index (χ0) is 31.1. The molecular weight excluding hydrogens is 586 g/mol. The van der Waals surface area contributed by atoms with Gasteiger partial charge in [-0.3, -0.25) is 9.69 Å². The molecule has 1 spiro atoms. The molecule has 238 valence electrons. The Balaban J connectivity index is 1.30. The Morgan fingerprint density at radius 3 is 2.68 bits per heavy atom. The fraction of sp³-hybridized carbons (Fsp3) is 0.576. The molecule has 44 heavy (non-hydrogen) atoms. The quantitative estimate of drug-likeness (QED) is 0.350. The number of nitrogens with zero attached hydrogens (tertiary/aromatic N) is 1. The minimum Gasteiger partial charge on any atom is -0.497 e. The van der Waals surface area contributed by atoms with Crippen molar-refractivity contribution < 1.29 is 43.5 Å². The van der Waals surface area contributed by atoms with Gasteiger partial charge in [0.25, 0.3) is 0 Å². The van der Waals surface area contributed by atoms with E-state index < -0.39 is 41.2 Å². The van der Waals surface area contributed by atoms with Crippen molar-refractivity contribution in [3.8, 4) is 11.5 Å². The van der Waals surface area contributed by atoms with E-state index >= 15 is 0 Å². The predicted octanol–water partition coefficient (Wildman–Crippen LogP) is 4.21. The molecule has 0 amide bonds. The number of thiophene rings is 1. The van der Waals surface area contributed by atoms with Crippen molar-refractivity contribution in [1.82, 2.24) is 4.90 Å². The summed E-state index contributed by atoms with van der Waals surface area (Å²) in [6.45, 7) is 5.26. The zero-order valence-electron chi connectivity index (χ0n) is 25.5. The van der Waals surface area contributed by atoms with E-state index in [1.54, 1.807) is 21.0 Å². The molecule has 11 heteroatoms. The number of ether oxygens (including phenoxy) is 5. The smallest absolute Gasteiger partial charge is 0.339 e. The number of methoxy groups -OCH3 is 1. The van der Waals surface area contributed by atoms with Gasteiger partial charge in [0.1, 0.15) is 12.4 Å². The maximum Gasteiger partial charge on any atom is 0.339 e. The minimum atomic E-state index is -2.16. The predicted molar refractivity (Wildman–Crippen MR) is 161 cm³/mol. The number of hydrogen-bond acceptors (Lipinski definition) is 11. The molecule has 3 aliphatic heterocycles. The third-order valence-electron chi connectivity index (χ3n) is 9.35. The van der Waals surface area contributed by atoms with Crippen molar-refractivity contribution in [2.24, 2.45) is 0 Å². The Morgan fingerprint density at radius 2 is 1.95 bits per heavy atom. The monoisotopic (exact) mass is 627 g/mol. The van der Waals surface area contributed by atoms with Crippen molar-refractivity contribution in [2.75, 3.05) is 27.0 Å². The van der Waals surface area contributed by atoms with E-state index in [2.05, 4.69) is 11.0 Å². The van der Waals surface area contributed by atoms with E-state index in [0.29, 0.717) is 30.1 Å². The first-order valence-electron chi connectivity index (χ1n) is 15.3. The molecule has 1 fully saturated rings. The maximum atomic E-state index is 14.1. The lowest BCUT2D eigenvalue weighted by molar-refractivity contribution is -0.179. The molecule has 4 atom stereocenters. The number of benzene rings is 1. The van der Waals surface area contributed by atoms with E-state index in [1.165, 1.54) is 11.3 Å². The van der Waals surface area contributed by atoms with Crippen molar-refractivity contribution >= 4 is 23.3 Å². The van der Waals surface area contributed by atoms with Gasteiger partial charge in [-0.15, -0.1) is 11.3 Å². The fourth-order valence-electron chi connectivity index (χ4n) is 7.23. The summed E-state index contributed by atoms with van der Waals surface area (Å²) in [7, 11) is 1.56. The number of esters is 2. The summed E-state index contributed by atoms with van der Waals surface area (Å²) in [6, 6.07) is 7.72. The van der Waals surface area contributed by atoms with Gasteiger partial charge < -0.3 is 33.9 Å². The van der Waals surface area contributed by atoms with Crippen LogP contribution in [-0.2, 0) is 36.8 Å². The van der Waals surface area contributed by atoms with Crippen molar-refractivity contribution in [3.63, 3.8) is 0 Å². The van der Waals surface area contributed by atoms with Crippen LogP contribution in [0, 0.1) is 0 Å². The molecule has 0 radical (unpaired) electrons. The molecule has 1 aromatic carbocycles. The first-order chi connectivity index (χ1) is 21.0. The van der Waals surface area contributed by atoms with Gasteiger partial charge in [0.15, 0.2) is 23.2 Å². The van der Waals surface area contributed by atoms with Gasteiger partial charge >= 0.3 is 11.9 Å². The average Bonchev–Trinajstić information content (AvgIpc) is 3.77. The lowest BCUT2D eigenvalue weighted by atomic mass is 9.77. The highest BCUT2D eigenvalue weighted by molar-refractivity contribution is 7.09. The second kappa shape index (κ2) is 12.0. The van der Waals surface area contributed by atoms with Gasteiger partial charge in [-0.2, -0.15) is 0 Å². The second-order valence-electron chi connectivity index (χ2n) is 12.9. The van der Waals surface area contributed by atoms with Crippen LogP contribution in [0.15, 0.2) is 41.5 Å². The SMILES string of the molecule is COC1=CC23CCCN2CCc2cc4c(cc2[C@@H]3C1OC(=O)[C@@](O)(CCCC(C)(C)O)CC(=O)OCc1cccs1)OCO4. The Bertz CT molecular complexity index is 1420. The Labute approximate surface area is 261 Å². The van der Waals surface area contributed by atoms with Gasteiger partial charge in [0.05, 0.1) is 30.6 Å². The van der Waals surface area contributed by atoms with Crippen LogP contribution in [0.1, 0.15) is 74.3 Å². The molecular formula is C33H41NO9S. The molecule has 6 rings (SSSR count). The number of fused-ring (bicyclic) bond motifs is 3. The summed E-state index contributed by atoms with van der Waals surface area (Å²) in [5, 5.41) is 24.0. The van der Waals surface area contributed by atoms with E-state index in [4.69, 9.17) is 23.7 Å². The molecule has 2 aromatic rings. The molecule has 10 nitrogen and oxygen atoms in total. The van der Waals surface area contributed by atoms with E-state index in [0.717, 1.165) is 48.4 Å². The molecule has 1 saturated heterocycles. The van der Waals surface area contributed by atoms with E-state index in [-0.39, 0.29) is 25.7 Å². The van der Waals surface area contributed by atoms with Crippen LogP contribution in [-0.4, -0.2) is 76.9 Å². The third kappa shape index (κ3) is 5.94. The van der Waals surface area contributed by atoms with Crippen molar-refractivity contribution in [2.45, 2.75) is 94.2 Å². The van der Waals surface area contributed by atoms with Gasteiger partial charge in [-0.25, -0.2) is 4.79 Å². The zero-order valence-corrected chi connectivity index (χ0v) is 26.3. The first kappa shape index (κ1) is 30.9. The highest BCUT2D eigenvalue weighted by Crippen LogP contribution is 2.55. The average molecular weight is 628 g/mol. The number of carbonyl (C=O) groups is 2. The van der Waals surface area contributed by atoms with Gasteiger partial charge in [-0.05, 0) is 99.7 Å². The first-order valence-corrected chi connectivity index (χ1v) is 16.2. The summed E-state index contributed by atoms with van der Waals surface area (Å²) < 4.78 is 29.0. The Kier molecular flexibility index (Phi) is 8.42. The molecule has 2 unspecified atom stereocenters. The summed E-state index contributed by atoms with van der Waals surface area (Å²) in [5.41, 5.74) is -1.51. The summed E-state index contributed by atoms with van der Waals surface area (Å²) in [6.07, 6.45) is 3.85. The molecule has 0 saturated carbocycles. The second-order valence-corrected chi connectivity index (χ2v) is 13.9. The largest absolute Gasteiger partial charge is 0.497 e. The van der Waals surface area contributed by atoms with Crippen molar-refractivity contribution in [3.05, 3.63) is 57.5 Å². The summed E-state index contributed by atoms with van der Waals surface area (Å²) in [4.78, 5) is 30.3. The van der Waals surface area contributed by atoms with E-state index in [9.17, 15) is 19.8 Å². The van der Waals surface area contributed by atoms with Crippen LogP contribution in [0.4, 0.5) is 0 Å². The highest BCUT2D eigenvalue weighted by atomic mass is 32.1. The van der Waals surface area contributed by atoms with E-state index in [1.807, 2.05) is 29.6 Å². The number of hydrogen-bond donors (Lipinski definition) is 2. The van der Waals surface area contributed by atoms with Crippen molar-refractivity contribution in [1.29, 1.82) is 0 Å². The maximum absolute atomic E-state index is 14.1. The standard InChI is InChI=1S/C33H41NO9S/c1-31(2,37)9-5-11-33(38,18-27(35)40-19-22-7-4-14-44-22)30(36)43-29-26(39-3)17-32-10-6-12-34(32)13-8-21-15-24-25(42-20-41-24)16-23(21)28(29)32/h4,7,14-17,28-29,37-38H,5-6,8-13,18-20H2,1-3H3/t28-,29?,32?,33-/m1/s1. The van der Waals surface area contributed by atoms with Crippen LogP contribution in [0.2, 0.25) is 0 Å². The number of carbonyl (C=O) groups excluding carboxylic acids is 2. The molecule has 1 aromatic heterocycles. The molecule has 0 bridgehead atoms. The normalized spacial score (nSPS) is 25.2. The summed E-state index contributed by atoms with van der Waals surface area (Å²) in [5.74, 6) is -0.0722. The topological polar surface area (TPSA) is 124 Å². The number of aliphatic hydroxyl groups is 2. The van der Waals surface area contributed by atoms with Crippen LogP contribution in [0.5, 0.6) is 11.5 Å². The van der Waals surface area contributed by atoms with Gasteiger partial charge in [0.2, 0.25) is 6.79 Å². The number of rotatable bonds is 11. The minimum absolute atomic E-state index is 0.0534. The molecule has 4 aliphatic rings. The third-order valence-corrected chi connectivity index (χ3v) is 10.2. The van der Waals surface area contributed by atoms with Gasteiger partial charge in [0, 0.05) is 11.4 Å².